The number of benzene rings is 1. The van der Waals surface area contributed by atoms with Crippen LogP contribution in [-0.4, -0.2) is 29.8 Å². The van der Waals surface area contributed by atoms with E-state index in [0.717, 1.165) is 18.1 Å². The van der Waals surface area contributed by atoms with Crippen molar-refractivity contribution in [3.8, 4) is 0 Å². The van der Waals surface area contributed by atoms with E-state index >= 15 is 0 Å². The summed E-state index contributed by atoms with van der Waals surface area (Å²) in [5.41, 5.74) is 2.08. The monoisotopic (exact) mass is 254 g/mol. The summed E-state index contributed by atoms with van der Waals surface area (Å²) in [6.45, 7) is 3.24. The lowest BCUT2D eigenvalue weighted by molar-refractivity contribution is 0.639. The van der Waals surface area contributed by atoms with Gasteiger partial charge in [-0.1, -0.05) is 35.5 Å². The van der Waals surface area contributed by atoms with E-state index in [0.29, 0.717) is 6.54 Å². The maximum atomic E-state index is 4.15. The number of hydrogen-bond donors (Lipinski definition) is 0. The third-order valence-corrected chi connectivity index (χ3v) is 2.89. The Kier molecular flexibility index (Phi) is 3.06. The molecular weight excluding hydrogens is 240 g/mol. The van der Waals surface area contributed by atoms with Crippen molar-refractivity contribution in [3.63, 3.8) is 0 Å². The fourth-order valence-electron chi connectivity index (χ4n) is 1.89. The van der Waals surface area contributed by atoms with E-state index in [4.69, 9.17) is 0 Å². The smallest absolute Gasteiger partial charge is 0.138 e. The Bertz CT molecular complexity index is 655. The van der Waals surface area contributed by atoms with Crippen LogP contribution < -0.4 is 0 Å². The molecule has 2 aromatic heterocycles. The molecular formula is C13H14N6. The lowest BCUT2D eigenvalue weighted by Gasteiger charge is -2.00. The molecule has 0 aliphatic heterocycles. The number of hydrogen-bond acceptors (Lipinski definition) is 4. The molecule has 0 radical (unpaired) electrons. The van der Waals surface area contributed by atoms with E-state index < -0.39 is 0 Å². The normalized spacial score (nSPS) is 10.8. The molecule has 0 aliphatic rings. The van der Waals surface area contributed by atoms with Crippen molar-refractivity contribution >= 4 is 0 Å². The molecule has 1 aromatic carbocycles. The fourth-order valence-corrected chi connectivity index (χ4v) is 1.89. The highest BCUT2D eigenvalue weighted by atomic mass is 15.4. The van der Waals surface area contributed by atoms with Gasteiger partial charge in [0, 0.05) is 0 Å². The summed E-state index contributed by atoms with van der Waals surface area (Å²) in [7, 11) is 0. The predicted molar refractivity (Wildman–Crippen MR) is 69.4 cm³/mol. The van der Waals surface area contributed by atoms with Gasteiger partial charge in [0.15, 0.2) is 0 Å². The maximum Gasteiger partial charge on any atom is 0.138 e. The molecule has 3 rings (SSSR count). The van der Waals surface area contributed by atoms with Gasteiger partial charge in [0.05, 0.1) is 19.3 Å². The molecule has 6 nitrogen and oxygen atoms in total. The topological polar surface area (TPSA) is 61.4 Å². The van der Waals surface area contributed by atoms with Crippen LogP contribution in [0, 0.1) is 6.92 Å². The Morgan fingerprint density at radius 3 is 2.68 bits per heavy atom. The molecule has 0 fully saturated rings. The Hall–Kier alpha value is -2.50. The van der Waals surface area contributed by atoms with Crippen LogP contribution >= 0.6 is 0 Å². The van der Waals surface area contributed by atoms with Gasteiger partial charge in [0.2, 0.25) is 0 Å². The maximum absolute atomic E-state index is 4.15. The van der Waals surface area contributed by atoms with Crippen molar-refractivity contribution in [2.24, 2.45) is 0 Å². The van der Waals surface area contributed by atoms with Crippen LogP contribution in [0.25, 0.3) is 0 Å². The minimum atomic E-state index is 0.598. The summed E-state index contributed by atoms with van der Waals surface area (Å²) in [6.07, 6.45) is 3.48. The Labute approximate surface area is 110 Å². The van der Waals surface area contributed by atoms with Crippen LogP contribution in [0.15, 0.2) is 42.9 Å². The van der Waals surface area contributed by atoms with Crippen molar-refractivity contribution in [1.82, 2.24) is 29.8 Å². The van der Waals surface area contributed by atoms with E-state index in [-0.39, 0.29) is 0 Å². The standard InChI is InChI=1S/C13H14N6/c1-11-14-10-15-19(11)9-13-8-18(17-16-13)7-12-5-3-2-4-6-12/h2-6,8,10H,7,9H2,1H3. The van der Waals surface area contributed by atoms with Crippen LogP contribution in [0.1, 0.15) is 17.1 Å². The first-order valence-corrected chi connectivity index (χ1v) is 6.08. The van der Waals surface area contributed by atoms with Crippen LogP contribution in [0.3, 0.4) is 0 Å². The number of aryl methyl sites for hydroxylation is 1. The largest absolute Gasteiger partial charge is 0.248 e. The number of nitrogens with zero attached hydrogens (tertiary/aromatic N) is 6. The van der Waals surface area contributed by atoms with Crippen LogP contribution in [0.5, 0.6) is 0 Å². The second-order valence-corrected chi connectivity index (χ2v) is 4.36. The Morgan fingerprint density at radius 1 is 1.11 bits per heavy atom. The minimum Gasteiger partial charge on any atom is -0.248 e. The molecule has 0 aliphatic carbocycles. The van der Waals surface area contributed by atoms with E-state index in [1.165, 1.54) is 5.56 Å². The third-order valence-electron chi connectivity index (χ3n) is 2.89. The molecule has 0 atom stereocenters. The molecule has 3 aromatic rings. The lowest BCUT2D eigenvalue weighted by atomic mass is 10.2. The molecule has 96 valence electrons. The van der Waals surface area contributed by atoms with Crippen molar-refractivity contribution in [1.29, 1.82) is 0 Å². The van der Waals surface area contributed by atoms with Gasteiger partial charge in [0.1, 0.15) is 17.8 Å². The van der Waals surface area contributed by atoms with E-state index in [1.54, 1.807) is 11.0 Å². The van der Waals surface area contributed by atoms with Crippen LogP contribution in [0.4, 0.5) is 0 Å². The Morgan fingerprint density at radius 2 is 1.95 bits per heavy atom. The summed E-state index contributed by atoms with van der Waals surface area (Å²) in [5, 5.41) is 12.4. The van der Waals surface area contributed by atoms with Crippen molar-refractivity contribution in [2.45, 2.75) is 20.0 Å². The Balaban J connectivity index is 1.72. The first-order chi connectivity index (χ1) is 9.31. The minimum absolute atomic E-state index is 0.598. The van der Waals surface area contributed by atoms with Gasteiger partial charge in [-0.15, -0.1) is 5.10 Å². The van der Waals surface area contributed by atoms with Gasteiger partial charge < -0.3 is 0 Å². The van der Waals surface area contributed by atoms with Gasteiger partial charge in [-0.2, -0.15) is 5.10 Å². The first-order valence-electron chi connectivity index (χ1n) is 6.08. The summed E-state index contributed by atoms with van der Waals surface area (Å²) >= 11 is 0. The highest BCUT2D eigenvalue weighted by molar-refractivity contribution is 5.14. The summed E-state index contributed by atoms with van der Waals surface area (Å²) in [5.74, 6) is 0.873. The second kappa shape index (κ2) is 5.01. The van der Waals surface area contributed by atoms with Gasteiger partial charge in [-0.25, -0.2) is 14.3 Å². The highest BCUT2D eigenvalue weighted by Gasteiger charge is 2.05. The molecule has 0 spiro atoms. The van der Waals surface area contributed by atoms with E-state index in [1.807, 2.05) is 36.0 Å². The summed E-state index contributed by atoms with van der Waals surface area (Å²) < 4.78 is 3.63. The zero-order valence-electron chi connectivity index (χ0n) is 10.6. The molecule has 0 saturated carbocycles. The van der Waals surface area contributed by atoms with E-state index in [9.17, 15) is 0 Å². The zero-order chi connectivity index (χ0) is 13.1. The third kappa shape index (κ3) is 2.67. The van der Waals surface area contributed by atoms with Gasteiger partial charge in [-0.3, -0.25) is 0 Å². The van der Waals surface area contributed by atoms with Crippen LogP contribution in [0.2, 0.25) is 0 Å². The molecule has 0 N–H and O–H groups in total. The second-order valence-electron chi connectivity index (χ2n) is 4.36. The molecule has 0 amide bonds. The first kappa shape index (κ1) is 11.6. The van der Waals surface area contributed by atoms with Crippen molar-refractivity contribution in [2.75, 3.05) is 0 Å². The average molecular weight is 254 g/mol. The zero-order valence-corrected chi connectivity index (χ0v) is 10.6. The summed E-state index contributed by atoms with van der Waals surface area (Å²) in [4.78, 5) is 4.08. The van der Waals surface area contributed by atoms with Gasteiger partial charge >= 0.3 is 0 Å². The number of rotatable bonds is 4. The summed E-state index contributed by atoms with van der Waals surface area (Å²) in [6, 6.07) is 10.2. The molecule has 0 bridgehead atoms. The number of aromatic nitrogens is 6. The quantitative estimate of drug-likeness (QED) is 0.703. The van der Waals surface area contributed by atoms with Gasteiger partial charge in [0.25, 0.3) is 0 Å². The molecule has 0 unspecified atom stereocenters. The molecule has 6 heteroatoms. The van der Waals surface area contributed by atoms with Gasteiger partial charge in [-0.05, 0) is 12.5 Å². The molecule has 2 heterocycles. The molecule has 19 heavy (non-hydrogen) atoms. The lowest BCUT2D eigenvalue weighted by Crippen LogP contribution is -2.04. The van der Waals surface area contributed by atoms with Crippen LogP contribution in [-0.2, 0) is 13.1 Å². The highest BCUT2D eigenvalue weighted by Crippen LogP contribution is 2.03. The average Bonchev–Trinajstić information content (AvgIpc) is 3.02. The predicted octanol–water partition coefficient (Wildman–Crippen LogP) is 1.27. The SMILES string of the molecule is Cc1ncnn1Cc1cn(Cc2ccccc2)nn1. The molecule has 0 saturated heterocycles. The fraction of sp³-hybridized carbons (Fsp3) is 0.231. The van der Waals surface area contributed by atoms with Crippen molar-refractivity contribution in [3.05, 3.63) is 59.9 Å². The van der Waals surface area contributed by atoms with E-state index in [2.05, 4.69) is 32.5 Å². The van der Waals surface area contributed by atoms with Crippen molar-refractivity contribution < 1.29 is 0 Å².